The van der Waals surface area contributed by atoms with Gasteiger partial charge in [0.15, 0.2) is 6.10 Å². The van der Waals surface area contributed by atoms with Crippen molar-refractivity contribution in [2.75, 3.05) is 7.11 Å². The van der Waals surface area contributed by atoms with Crippen LogP contribution in [0.2, 0.25) is 5.02 Å². The van der Waals surface area contributed by atoms with Crippen LogP contribution in [0.15, 0.2) is 50.8 Å². The summed E-state index contributed by atoms with van der Waals surface area (Å²) in [7, 11) is 1.29. The third-order valence-electron chi connectivity index (χ3n) is 4.31. The van der Waals surface area contributed by atoms with E-state index in [0.29, 0.717) is 39.5 Å². The molecule has 7 nitrogen and oxygen atoms in total. The highest BCUT2D eigenvalue weighted by molar-refractivity contribution is 9.10. The van der Waals surface area contributed by atoms with Gasteiger partial charge in [-0.1, -0.05) is 34.5 Å². The molecular weight excluding hydrogens is 474 g/mol. The zero-order valence-electron chi connectivity index (χ0n) is 16.6. The number of carbonyl (C=O) groups is 1. The van der Waals surface area contributed by atoms with E-state index < -0.39 is 12.1 Å². The van der Waals surface area contributed by atoms with Crippen molar-refractivity contribution in [1.82, 2.24) is 9.66 Å². The van der Waals surface area contributed by atoms with Gasteiger partial charge in [-0.15, -0.1) is 0 Å². The molecule has 0 amide bonds. The summed E-state index contributed by atoms with van der Waals surface area (Å²) >= 11 is 9.49. The quantitative estimate of drug-likeness (QED) is 0.380. The van der Waals surface area contributed by atoms with Gasteiger partial charge in [0, 0.05) is 21.5 Å². The molecule has 30 heavy (non-hydrogen) atoms. The van der Waals surface area contributed by atoms with E-state index >= 15 is 0 Å². The molecule has 0 spiro atoms. The molecule has 3 aromatic rings. The Kier molecular flexibility index (Phi) is 6.89. The van der Waals surface area contributed by atoms with Crippen LogP contribution in [0, 0.1) is 0 Å². The van der Waals surface area contributed by atoms with Gasteiger partial charge in [-0.25, -0.2) is 9.78 Å². The fraction of sp³-hybridized carbons (Fsp3) is 0.238. The lowest BCUT2D eigenvalue weighted by atomic mass is 10.2. The van der Waals surface area contributed by atoms with Crippen LogP contribution in [0.4, 0.5) is 0 Å². The number of hydrogen-bond acceptors (Lipinski definition) is 6. The van der Waals surface area contributed by atoms with Gasteiger partial charge < -0.3 is 9.47 Å². The van der Waals surface area contributed by atoms with Crippen LogP contribution in [0.5, 0.6) is 5.75 Å². The normalized spacial score (nSPS) is 12.3. The molecule has 2 aromatic carbocycles. The second-order valence-electron chi connectivity index (χ2n) is 6.37. The van der Waals surface area contributed by atoms with Crippen molar-refractivity contribution < 1.29 is 14.3 Å². The number of hydrogen-bond donors (Lipinski definition) is 0. The highest BCUT2D eigenvalue weighted by Gasteiger charge is 2.17. The van der Waals surface area contributed by atoms with E-state index in [1.54, 1.807) is 37.3 Å². The van der Waals surface area contributed by atoms with E-state index in [0.717, 1.165) is 4.47 Å². The number of fused-ring (bicyclic) bond motifs is 1. The molecule has 0 aliphatic rings. The first-order valence-electron chi connectivity index (χ1n) is 9.13. The molecular formula is C21H19BrClN3O4. The minimum absolute atomic E-state index is 0.290. The predicted molar refractivity (Wildman–Crippen MR) is 120 cm³/mol. The number of aryl methyl sites for hydroxylation is 1. The Bertz CT molecular complexity index is 1190. The van der Waals surface area contributed by atoms with Crippen LogP contribution < -0.4 is 10.3 Å². The van der Waals surface area contributed by atoms with Crippen molar-refractivity contribution in [3.63, 3.8) is 0 Å². The lowest BCUT2D eigenvalue weighted by Crippen LogP contribution is -2.25. The third kappa shape index (κ3) is 4.71. The molecule has 0 unspecified atom stereocenters. The van der Waals surface area contributed by atoms with Crippen molar-refractivity contribution in [3.8, 4) is 5.75 Å². The molecule has 156 valence electrons. The smallest absolute Gasteiger partial charge is 0.346 e. The molecule has 1 heterocycles. The molecule has 0 aliphatic carbocycles. The summed E-state index contributed by atoms with van der Waals surface area (Å²) in [6, 6.07) is 10.2. The molecule has 0 fully saturated rings. The van der Waals surface area contributed by atoms with E-state index in [1.165, 1.54) is 18.0 Å². The predicted octanol–water partition coefficient (Wildman–Crippen LogP) is 4.20. The van der Waals surface area contributed by atoms with Gasteiger partial charge in [0.1, 0.15) is 11.6 Å². The Labute approximate surface area is 186 Å². The van der Waals surface area contributed by atoms with E-state index in [-0.39, 0.29) is 5.56 Å². The topological polar surface area (TPSA) is 82.8 Å². The Morgan fingerprint density at radius 3 is 2.80 bits per heavy atom. The Morgan fingerprint density at radius 1 is 1.33 bits per heavy atom. The number of aromatic nitrogens is 2. The van der Waals surface area contributed by atoms with Crippen molar-refractivity contribution in [2.45, 2.75) is 26.4 Å². The first-order chi connectivity index (χ1) is 14.3. The summed E-state index contributed by atoms with van der Waals surface area (Å²) in [6.45, 7) is 3.47. The van der Waals surface area contributed by atoms with E-state index in [9.17, 15) is 9.59 Å². The summed E-state index contributed by atoms with van der Waals surface area (Å²) in [5.41, 5.74) is 0.813. The van der Waals surface area contributed by atoms with Gasteiger partial charge in [0.05, 0.1) is 24.2 Å². The number of benzene rings is 2. The summed E-state index contributed by atoms with van der Waals surface area (Å²) < 4.78 is 12.4. The third-order valence-corrected chi connectivity index (χ3v) is 5.04. The molecule has 0 N–H and O–H groups in total. The van der Waals surface area contributed by atoms with Gasteiger partial charge in [-0.3, -0.25) is 4.79 Å². The number of ether oxygens (including phenoxy) is 2. The average Bonchev–Trinajstić information content (AvgIpc) is 2.74. The number of methoxy groups -OCH3 is 1. The van der Waals surface area contributed by atoms with Crippen molar-refractivity contribution in [1.29, 1.82) is 0 Å². The number of halogens is 2. The van der Waals surface area contributed by atoms with Crippen LogP contribution in [0.1, 0.15) is 25.2 Å². The van der Waals surface area contributed by atoms with Crippen molar-refractivity contribution in [3.05, 3.63) is 67.6 Å². The summed E-state index contributed by atoms with van der Waals surface area (Å²) in [5, 5.41) is 5.25. The average molecular weight is 493 g/mol. The molecule has 1 atom stereocenters. The van der Waals surface area contributed by atoms with E-state index in [1.807, 2.05) is 13.0 Å². The fourth-order valence-corrected chi connectivity index (χ4v) is 3.34. The zero-order valence-corrected chi connectivity index (χ0v) is 18.9. The Balaban J connectivity index is 2.06. The van der Waals surface area contributed by atoms with Crippen LogP contribution in [-0.2, 0) is 16.0 Å². The minimum atomic E-state index is -0.822. The summed E-state index contributed by atoms with van der Waals surface area (Å²) in [6.07, 6.45) is 1.14. The maximum Gasteiger partial charge on any atom is 0.346 e. The zero-order chi connectivity index (χ0) is 21.8. The minimum Gasteiger partial charge on any atom is -0.478 e. The lowest BCUT2D eigenvalue weighted by molar-refractivity contribution is -0.147. The molecule has 0 saturated heterocycles. The van der Waals surface area contributed by atoms with Gasteiger partial charge in [-0.2, -0.15) is 9.78 Å². The SMILES string of the molecule is CCc1nc2ccc(Br)cc2c(=O)n1N=Cc1cc(Cl)ccc1O[C@@H](C)C(=O)OC. The fourth-order valence-electron chi connectivity index (χ4n) is 2.79. The Hall–Kier alpha value is -2.71. The van der Waals surface area contributed by atoms with E-state index in [2.05, 4.69) is 26.0 Å². The largest absolute Gasteiger partial charge is 0.478 e. The molecule has 1 aromatic heterocycles. The van der Waals surface area contributed by atoms with Crippen molar-refractivity contribution in [2.24, 2.45) is 5.10 Å². The molecule has 3 rings (SSSR count). The highest BCUT2D eigenvalue weighted by Crippen LogP contribution is 2.23. The first kappa shape index (κ1) is 22.0. The number of nitrogens with zero attached hydrogens (tertiary/aromatic N) is 3. The second kappa shape index (κ2) is 9.40. The first-order valence-corrected chi connectivity index (χ1v) is 10.3. The maximum absolute atomic E-state index is 13.0. The standard InChI is InChI=1S/C21H19BrClN3O4/c1-4-19-25-17-7-5-14(22)10-16(17)20(27)26(19)24-11-13-9-15(23)6-8-18(13)30-12(2)21(28)29-3/h5-12H,4H2,1-3H3/t12-/m0/s1. The van der Waals surface area contributed by atoms with Crippen LogP contribution >= 0.6 is 27.5 Å². The molecule has 0 bridgehead atoms. The van der Waals surface area contributed by atoms with Crippen LogP contribution in [0.3, 0.4) is 0 Å². The van der Waals surface area contributed by atoms with Gasteiger partial charge in [0.25, 0.3) is 5.56 Å². The highest BCUT2D eigenvalue weighted by atomic mass is 79.9. The van der Waals surface area contributed by atoms with Gasteiger partial charge in [-0.05, 0) is 43.3 Å². The van der Waals surface area contributed by atoms with E-state index in [4.69, 9.17) is 21.1 Å². The lowest BCUT2D eigenvalue weighted by Gasteiger charge is -2.14. The maximum atomic E-state index is 13.0. The number of esters is 1. The van der Waals surface area contributed by atoms with Gasteiger partial charge >= 0.3 is 5.97 Å². The van der Waals surface area contributed by atoms with Crippen molar-refractivity contribution >= 4 is 50.6 Å². The second-order valence-corrected chi connectivity index (χ2v) is 7.72. The molecule has 0 saturated carbocycles. The number of carbonyl (C=O) groups excluding carboxylic acids is 1. The van der Waals surface area contributed by atoms with Gasteiger partial charge in [0.2, 0.25) is 0 Å². The summed E-state index contributed by atoms with van der Waals surface area (Å²) in [5.74, 6) is 0.378. The molecule has 0 radical (unpaired) electrons. The van der Waals surface area contributed by atoms with Crippen LogP contribution in [-0.4, -0.2) is 35.1 Å². The molecule has 0 aliphatic heterocycles. The summed E-state index contributed by atoms with van der Waals surface area (Å²) in [4.78, 5) is 29.2. The molecule has 9 heteroatoms. The van der Waals surface area contributed by atoms with Crippen LogP contribution in [0.25, 0.3) is 10.9 Å². The monoisotopic (exact) mass is 491 g/mol. The Morgan fingerprint density at radius 2 is 2.10 bits per heavy atom. The number of rotatable bonds is 6.